The van der Waals surface area contributed by atoms with Crippen LogP contribution in [-0.4, -0.2) is 21.4 Å². The molecule has 17 heavy (non-hydrogen) atoms. The average molecular weight is 262 g/mol. The van der Waals surface area contributed by atoms with Crippen LogP contribution >= 0.6 is 11.6 Å². The summed E-state index contributed by atoms with van der Waals surface area (Å²) >= 11 is 5.73. The summed E-state index contributed by atoms with van der Waals surface area (Å²) in [5, 5.41) is 0.894. The van der Waals surface area contributed by atoms with E-state index in [0.717, 1.165) is 0 Å². The quantitative estimate of drug-likeness (QED) is 0.833. The van der Waals surface area contributed by atoms with Crippen LogP contribution in [0.5, 0.6) is 0 Å². The van der Waals surface area contributed by atoms with Gasteiger partial charge in [-0.25, -0.2) is 28.1 Å². The van der Waals surface area contributed by atoms with E-state index in [-0.39, 0.29) is 5.65 Å². The molecule has 2 rings (SSSR count). The molecule has 0 bridgehead atoms. The fourth-order valence-corrected chi connectivity index (χ4v) is 1.55. The first-order chi connectivity index (χ1) is 7.99. The highest BCUT2D eigenvalue weighted by Gasteiger charge is 2.25. The van der Waals surface area contributed by atoms with Crippen LogP contribution < -0.4 is 0 Å². The summed E-state index contributed by atoms with van der Waals surface area (Å²) in [6.07, 6.45) is -4.34. The van der Waals surface area contributed by atoms with Gasteiger partial charge in [0.2, 0.25) is 6.17 Å². The van der Waals surface area contributed by atoms with Crippen LogP contribution in [0.2, 0.25) is 5.02 Å². The molecule has 0 amide bonds. The molecule has 0 aromatic carbocycles. The first-order valence-corrected chi connectivity index (χ1v) is 5.09. The SMILES string of the molecule is Cc1nc(C(F)C(F)F)nc2ncc(Cl)cc12. The van der Waals surface area contributed by atoms with Crippen LogP contribution in [0.15, 0.2) is 12.3 Å². The second kappa shape index (κ2) is 4.44. The third-order valence-electron chi connectivity index (χ3n) is 2.19. The Morgan fingerprint density at radius 3 is 2.59 bits per heavy atom. The summed E-state index contributed by atoms with van der Waals surface area (Å²) in [6.45, 7) is 1.56. The Morgan fingerprint density at radius 1 is 1.24 bits per heavy atom. The van der Waals surface area contributed by atoms with Crippen molar-refractivity contribution in [2.75, 3.05) is 0 Å². The standard InChI is InChI=1S/C10H7ClF3N3/c1-4-6-2-5(11)3-15-9(6)17-10(16-4)7(12)8(13)14/h2-3,7-8H,1H3. The monoisotopic (exact) mass is 261 g/mol. The molecule has 0 aliphatic carbocycles. The highest BCUT2D eigenvalue weighted by molar-refractivity contribution is 6.31. The average Bonchev–Trinajstić information content (AvgIpc) is 2.28. The van der Waals surface area contributed by atoms with E-state index in [1.165, 1.54) is 6.20 Å². The Balaban J connectivity index is 2.60. The Hall–Kier alpha value is -1.43. The lowest BCUT2D eigenvalue weighted by atomic mass is 10.2. The van der Waals surface area contributed by atoms with Crippen LogP contribution in [0, 0.1) is 6.92 Å². The third-order valence-corrected chi connectivity index (χ3v) is 2.40. The molecule has 0 N–H and O–H groups in total. The predicted octanol–water partition coefficient (Wildman–Crippen LogP) is 3.26. The molecule has 2 aromatic rings. The van der Waals surface area contributed by atoms with E-state index in [9.17, 15) is 13.2 Å². The molecule has 0 saturated carbocycles. The number of fused-ring (bicyclic) bond motifs is 1. The van der Waals surface area contributed by atoms with Gasteiger partial charge in [-0.05, 0) is 13.0 Å². The van der Waals surface area contributed by atoms with Crippen molar-refractivity contribution in [2.45, 2.75) is 19.5 Å². The van der Waals surface area contributed by atoms with Gasteiger partial charge in [0.05, 0.1) is 10.7 Å². The summed E-state index contributed by atoms with van der Waals surface area (Å²) in [5.41, 5.74) is 0.517. The van der Waals surface area contributed by atoms with Crippen molar-refractivity contribution < 1.29 is 13.2 Å². The Bertz CT molecular complexity index is 562. The number of rotatable bonds is 2. The van der Waals surface area contributed by atoms with Crippen molar-refractivity contribution in [3.63, 3.8) is 0 Å². The van der Waals surface area contributed by atoms with Crippen molar-refractivity contribution in [1.29, 1.82) is 0 Å². The lowest BCUT2D eigenvalue weighted by molar-refractivity contribution is 0.0449. The highest BCUT2D eigenvalue weighted by Crippen LogP contribution is 2.25. The van der Waals surface area contributed by atoms with Gasteiger partial charge in [0.15, 0.2) is 11.5 Å². The minimum absolute atomic E-state index is 0.153. The van der Waals surface area contributed by atoms with Gasteiger partial charge < -0.3 is 0 Å². The molecule has 2 aromatic heterocycles. The van der Waals surface area contributed by atoms with E-state index in [1.54, 1.807) is 13.0 Å². The van der Waals surface area contributed by atoms with Gasteiger partial charge in [-0.1, -0.05) is 11.6 Å². The van der Waals surface area contributed by atoms with Gasteiger partial charge in [-0.15, -0.1) is 0 Å². The fourth-order valence-electron chi connectivity index (χ4n) is 1.39. The largest absolute Gasteiger partial charge is 0.276 e. The summed E-state index contributed by atoms with van der Waals surface area (Å²) in [7, 11) is 0. The number of aryl methyl sites for hydroxylation is 1. The molecule has 2 heterocycles. The molecule has 3 nitrogen and oxygen atoms in total. The Labute approximate surface area is 99.7 Å². The molecule has 0 saturated heterocycles. The summed E-state index contributed by atoms with van der Waals surface area (Å²) in [6, 6.07) is 1.55. The van der Waals surface area contributed by atoms with Crippen LogP contribution in [0.25, 0.3) is 11.0 Å². The molecule has 0 radical (unpaired) electrons. The maximum atomic E-state index is 13.1. The lowest BCUT2D eigenvalue weighted by Gasteiger charge is -2.08. The lowest BCUT2D eigenvalue weighted by Crippen LogP contribution is -2.09. The van der Waals surface area contributed by atoms with Crippen molar-refractivity contribution in [2.24, 2.45) is 0 Å². The van der Waals surface area contributed by atoms with E-state index in [4.69, 9.17) is 11.6 Å². The number of hydrogen-bond donors (Lipinski definition) is 0. The van der Waals surface area contributed by atoms with Crippen LogP contribution in [0.4, 0.5) is 13.2 Å². The van der Waals surface area contributed by atoms with Gasteiger partial charge >= 0.3 is 0 Å². The summed E-state index contributed by atoms with van der Waals surface area (Å²) in [4.78, 5) is 11.2. The second-order valence-corrected chi connectivity index (χ2v) is 3.86. The van der Waals surface area contributed by atoms with E-state index in [0.29, 0.717) is 16.1 Å². The number of pyridine rings is 1. The van der Waals surface area contributed by atoms with E-state index >= 15 is 0 Å². The Morgan fingerprint density at radius 2 is 1.94 bits per heavy atom. The van der Waals surface area contributed by atoms with Gasteiger partial charge in [-0.2, -0.15) is 0 Å². The normalized spacial score (nSPS) is 13.3. The number of aromatic nitrogens is 3. The smallest absolute Gasteiger partial charge is 0.235 e. The first-order valence-electron chi connectivity index (χ1n) is 4.71. The second-order valence-electron chi connectivity index (χ2n) is 3.43. The van der Waals surface area contributed by atoms with Crippen LogP contribution in [-0.2, 0) is 0 Å². The van der Waals surface area contributed by atoms with Crippen molar-refractivity contribution in [1.82, 2.24) is 15.0 Å². The topological polar surface area (TPSA) is 38.7 Å². The first kappa shape index (κ1) is 12.0. The van der Waals surface area contributed by atoms with Gasteiger partial charge in [0, 0.05) is 11.6 Å². The minimum Gasteiger partial charge on any atom is -0.235 e. The summed E-state index contributed by atoms with van der Waals surface area (Å²) in [5.74, 6) is -0.556. The zero-order valence-electron chi connectivity index (χ0n) is 8.66. The van der Waals surface area contributed by atoms with Crippen LogP contribution in [0.3, 0.4) is 0 Å². The molecular formula is C10H7ClF3N3. The van der Waals surface area contributed by atoms with E-state index in [1.807, 2.05) is 0 Å². The van der Waals surface area contributed by atoms with Crippen molar-refractivity contribution in [3.05, 3.63) is 28.8 Å². The molecular weight excluding hydrogens is 255 g/mol. The molecule has 1 atom stereocenters. The maximum absolute atomic E-state index is 13.1. The highest BCUT2D eigenvalue weighted by atomic mass is 35.5. The van der Waals surface area contributed by atoms with Gasteiger partial charge in [0.25, 0.3) is 6.43 Å². The predicted molar refractivity (Wildman–Crippen MR) is 56.9 cm³/mol. The molecule has 0 spiro atoms. The maximum Gasteiger partial charge on any atom is 0.276 e. The molecule has 0 fully saturated rings. The van der Waals surface area contributed by atoms with Gasteiger partial charge in [-0.3, -0.25) is 0 Å². The minimum atomic E-state index is -3.15. The zero-order chi connectivity index (χ0) is 12.6. The number of alkyl halides is 3. The van der Waals surface area contributed by atoms with Gasteiger partial charge in [0.1, 0.15) is 0 Å². The van der Waals surface area contributed by atoms with E-state index < -0.39 is 18.4 Å². The zero-order valence-corrected chi connectivity index (χ0v) is 9.42. The van der Waals surface area contributed by atoms with Crippen LogP contribution in [0.1, 0.15) is 17.7 Å². The number of hydrogen-bond acceptors (Lipinski definition) is 3. The van der Waals surface area contributed by atoms with E-state index in [2.05, 4.69) is 15.0 Å². The Kier molecular flexibility index (Phi) is 3.15. The van der Waals surface area contributed by atoms with Crippen molar-refractivity contribution in [3.8, 4) is 0 Å². The molecule has 7 heteroatoms. The molecule has 1 unspecified atom stereocenters. The third kappa shape index (κ3) is 2.31. The van der Waals surface area contributed by atoms with Crippen molar-refractivity contribution >= 4 is 22.6 Å². The number of halogens is 4. The molecule has 0 aliphatic heterocycles. The number of nitrogens with zero attached hydrogens (tertiary/aromatic N) is 3. The summed E-state index contributed by atoms with van der Waals surface area (Å²) < 4.78 is 37.5. The molecule has 0 aliphatic rings. The fraction of sp³-hybridized carbons (Fsp3) is 0.300. The molecule has 90 valence electrons.